The average Bonchev–Trinajstić information content (AvgIpc) is 3.13. The largest absolute Gasteiger partial charge is 0.485 e. The lowest BCUT2D eigenvalue weighted by molar-refractivity contribution is -0.141. The van der Waals surface area contributed by atoms with E-state index in [2.05, 4.69) is 32.1 Å². The second kappa shape index (κ2) is 8.99. The Morgan fingerprint density at radius 1 is 0.774 bits per heavy atom. The lowest BCUT2D eigenvalue weighted by atomic mass is 10.2. The normalized spacial score (nSPS) is 21.5. The zero-order valence-corrected chi connectivity index (χ0v) is 17.8. The van der Waals surface area contributed by atoms with Crippen LogP contribution in [0.3, 0.4) is 0 Å². The van der Waals surface area contributed by atoms with Crippen molar-refractivity contribution in [2.45, 2.75) is 31.8 Å². The first-order valence-corrected chi connectivity index (χ1v) is 11.3. The molecule has 0 saturated carbocycles. The average molecular weight is 424 g/mol. The summed E-state index contributed by atoms with van der Waals surface area (Å²) >= 11 is 0. The van der Waals surface area contributed by atoms with E-state index in [9.17, 15) is 4.79 Å². The number of nitrogens with zero attached hydrogens (tertiary/aromatic N) is 5. The van der Waals surface area contributed by atoms with Crippen molar-refractivity contribution in [2.75, 3.05) is 55.7 Å². The van der Waals surface area contributed by atoms with E-state index in [-0.39, 0.29) is 12.5 Å². The van der Waals surface area contributed by atoms with Crippen molar-refractivity contribution in [3.63, 3.8) is 0 Å². The maximum absolute atomic E-state index is 12.9. The summed E-state index contributed by atoms with van der Waals surface area (Å²) in [6.07, 6.45) is 4.46. The predicted octanol–water partition coefficient (Wildman–Crippen LogP) is 2.35. The predicted molar refractivity (Wildman–Crippen MR) is 118 cm³/mol. The molecule has 2 fully saturated rings. The number of hydrogen-bond acceptors (Lipinski definition) is 7. The molecule has 8 nitrogen and oxygen atoms in total. The molecule has 1 unspecified atom stereocenters. The van der Waals surface area contributed by atoms with E-state index in [4.69, 9.17) is 9.47 Å². The van der Waals surface area contributed by atoms with Crippen molar-refractivity contribution in [3.05, 3.63) is 36.4 Å². The number of piperazine rings is 1. The molecule has 1 atom stereocenters. The zero-order valence-electron chi connectivity index (χ0n) is 17.8. The number of para-hydroxylation sites is 2. The minimum atomic E-state index is -0.589. The Bertz CT molecular complexity index is 890. The standard InChI is InChI=1S/C23H29N5O3/c29-23(20-17-30-18-7-3-4-8-19(18)31-20)28-15-13-27(14-16-28)22-10-9-21(24-25-22)26-11-5-1-2-6-12-26/h3-4,7-10,20H,1-2,5-6,11-17H2. The molecular formula is C23H29N5O3. The van der Waals surface area contributed by atoms with Crippen molar-refractivity contribution in [1.29, 1.82) is 0 Å². The third-order valence-corrected chi connectivity index (χ3v) is 6.27. The summed E-state index contributed by atoms with van der Waals surface area (Å²) < 4.78 is 11.6. The van der Waals surface area contributed by atoms with Crippen molar-refractivity contribution < 1.29 is 14.3 Å². The van der Waals surface area contributed by atoms with Crippen molar-refractivity contribution >= 4 is 17.5 Å². The van der Waals surface area contributed by atoms with Crippen LogP contribution >= 0.6 is 0 Å². The van der Waals surface area contributed by atoms with E-state index in [0.29, 0.717) is 24.6 Å². The van der Waals surface area contributed by atoms with Crippen LogP contribution in [0.15, 0.2) is 36.4 Å². The van der Waals surface area contributed by atoms with Crippen molar-refractivity contribution in [2.24, 2.45) is 0 Å². The number of aromatic nitrogens is 2. The van der Waals surface area contributed by atoms with Gasteiger partial charge < -0.3 is 24.2 Å². The van der Waals surface area contributed by atoms with Gasteiger partial charge >= 0.3 is 0 Å². The zero-order chi connectivity index (χ0) is 21.0. The molecule has 31 heavy (non-hydrogen) atoms. The molecule has 0 bridgehead atoms. The van der Waals surface area contributed by atoms with Crippen LogP contribution in [0, 0.1) is 0 Å². The minimum absolute atomic E-state index is 0.0169. The van der Waals surface area contributed by atoms with E-state index in [0.717, 1.165) is 37.8 Å². The van der Waals surface area contributed by atoms with Crippen molar-refractivity contribution in [3.8, 4) is 11.5 Å². The number of amides is 1. The van der Waals surface area contributed by atoms with Crippen LogP contribution in [0.2, 0.25) is 0 Å². The summed E-state index contributed by atoms with van der Waals surface area (Å²) in [5, 5.41) is 8.96. The fourth-order valence-electron chi connectivity index (χ4n) is 4.46. The molecule has 0 spiro atoms. The van der Waals surface area contributed by atoms with Gasteiger partial charge in [-0.1, -0.05) is 25.0 Å². The van der Waals surface area contributed by atoms with Gasteiger partial charge in [0.15, 0.2) is 23.1 Å². The van der Waals surface area contributed by atoms with E-state index in [1.54, 1.807) is 0 Å². The van der Waals surface area contributed by atoms with E-state index in [1.807, 2.05) is 29.2 Å². The lowest BCUT2D eigenvalue weighted by Crippen LogP contribution is -2.54. The Labute approximate surface area is 182 Å². The number of anilines is 2. The van der Waals surface area contributed by atoms with E-state index < -0.39 is 6.10 Å². The number of ether oxygens (including phenoxy) is 2. The monoisotopic (exact) mass is 423 g/mol. The summed E-state index contributed by atoms with van der Waals surface area (Å²) in [6, 6.07) is 11.6. The Balaban J connectivity index is 1.15. The van der Waals surface area contributed by atoms with Gasteiger partial charge in [0.1, 0.15) is 6.61 Å². The molecule has 0 radical (unpaired) electrons. The number of carbonyl (C=O) groups excluding carboxylic acids is 1. The SMILES string of the molecule is O=C(C1COc2ccccc2O1)N1CCN(c2ccc(N3CCCCCC3)nn2)CC1. The highest BCUT2D eigenvalue weighted by molar-refractivity contribution is 5.82. The van der Waals surface area contributed by atoms with Crippen LogP contribution in [0.5, 0.6) is 11.5 Å². The molecule has 8 heteroatoms. The van der Waals surface area contributed by atoms with Crippen LogP contribution in [0.1, 0.15) is 25.7 Å². The molecule has 3 aliphatic rings. The van der Waals surface area contributed by atoms with Gasteiger partial charge in [-0.2, -0.15) is 0 Å². The Morgan fingerprint density at radius 2 is 1.39 bits per heavy atom. The van der Waals surface area contributed by atoms with Crippen LogP contribution in [-0.2, 0) is 4.79 Å². The summed E-state index contributed by atoms with van der Waals surface area (Å²) in [5.41, 5.74) is 0. The summed E-state index contributed by atoms with van der Waals surface area (Å²) in [5.74, 6) is 3.15. The molecule has 0 aliphatic carbocycles. The number of carbonyl (C=O) groups is 1. The number of benzene rings is 1. The molecule has 5 rings (SSSR count). The molecule has 1 aromatic carbocycles. The fraction of sp³-hybridized carbons (Fsp3) is 0.522. The first-order chi connectivity index (χ1) is 15.3. The molecule has 0 N–H and O–H groups in total. The van der Waals surface area contributed by atoms with Gasteiger partial charge in [-0.15, -0.1) is 10.2 Å². The maximum Gasteiger partial charge on any atom is 0.267 e. The number of rotatable bonds is 3. The number of fused-ring (bicyclic) bond motifs is 1. The first kappa shape index (κ1) is 19.9. The topological polar surface area (TPSA) is 71.0 Å². The smallest absolute Gasteiger partial charge is 0.267 e. The summed E-state index contributed by atoms with van der Waals surface area (Å²) in [6.45, 7) is 5.10. The van der Waals surface area contributed by atoms with Gasteiger partial charge in [0.25, 0.3) is 5.91 Å². The van der Waals surface area contributed by atoms with Crippen LogP contribution in [0.4, 0.5) is 11.6 Å². The van der Waals surface area contributed by atoms with Crippen LogP contribution < -0.4 is 19.3 Å². The highest BCUT2D eigenvalue weighted by atomic mass is 16.6. The Kier molecular flexibility index (Phi) is 5.78. The third-order valence-electron chi connectivity index (χ3n) is 6.27. The van der Waals surface area contributed by atoms with E-state index in [1.165, 1.54) is 25.7 Å². The van der Waals surface area contributed by atoms with Crippen LogP contribution in [0.25, 0.3) is 0 Å². The molecule has 1 amide bonds. The second-order valence-electron chi connectivity index (χ2n) is 8.33. The van der Waals surface area contributed by atoms with Gasteiger partial charge in [0.2, 0.25) is 6.10 Å². The molecule has 1 aromatic heterocycles. The van der Waals surface area contributed by atoms with Crippen LogP contribution in [-0.4, -0.2) is 73.0 Å². The molecule has 2 saturated heterocycles. The summed E-state index contributed by atoms with van der Waals surface area (Å²) in [4.78, 5) is 19.3. The third kappa shape index (κ3) is 4.38. The Morgan fingerprint density at radius 3 is 2.03 bits per heavy atom. The second-order valence-corrected chi connectivity index (χ2v) is 8.33. The molecule has 2 aromatic rings. The molecule has 164 valence electrons. The van der Waals surface area contributed by atoms with Crippen molar-refractivity contribution in [1.82, 2.24) is 15.1 Å². The summed E-state index contributed by atoms with van der Waals surface area (Å²) in [7, 11) is 0. The van der Waals surface area contributed by atoms with Gasteiger partial charge in [0, 0.05) is 39.3 Å². The maximum atomic E-state index is 12.9. The fourth-order valence-corrected chi connectivity index (χ4v) is 4.46. The van der Waals surface area contributed by atoms with Gasteiger partial charge in [0.05, 0.1) is 0 Å². The number of hydrogen-bond donors (Lipinski definition) is 0. The highest BCUT2D eigenvalue weighted by Gasteiger charge is 2.33. The molecule has 3 aliphatic heterocycles. The minimum Gasteiger partial charge on any atom is -0.485 e. The highest BCUT2D eigenvalue weighted by Crippen LogP contribution is 2.31. The Hall–Kier alpha value is -3.03. The molecular weight excluding hydrogens is 394 g/mol. The van der Waals surface area contributed by atoms with E-state index >= 15 is 0 Å². The first-order valence-electron chi connectivity index (χ1n) is 11.3. The van der Waals surface area contributed by atoms with Gasteiger partial charge in [-0.25, -0.2) is 0 Å². The lowest BCUT2D eigenvalue weighted by Gasteiger charge is -2.37. The van der Waals surface area contributed by atoms with Gasteiger partial charge in [-0.05, 0) is 37.1 Å². The molecule has 4 heterocycles. The quantitative estimate of drug-likeness (QED) is 0.750. The van der Waals surface area contributed by atoms with Gasteiger partial charge in [-0.3, -0.25) is 4.79 Å².